The Labute approximate surface area is 116 Å². The maximum absolute atomic E-state index is 13.4. The molecular formula is C13H9F4NOS. The van der Waals surface area contributed by atoms with Crippen LogP contribution in [0, 0.1) is 5.82 Å². The van der Waals surface area contributed by atoms with Gasteiger partial charge in [-0.15, -0.1) is 0 Å². The Balaban J connectivity index is 2.16. The van der Waals surface area contributed by atoms with E-state index in [1.54, 1.807) is 16.8 Å². The molecule has 0 radical (unpaired) electrons. The molecule has 1 heterocycles. The third kappa shape index (κ3) is 3.36. The van der Waals surface area contributed by atoms with Crippen LogP contribution in [0.5, 0.6) is 0 Å². The Morgan fingerprint density at radius 2 is 2.00 bits per heavy atom. The first-order chi connectivity index (χ1) is 9.38. The van der Waals surface area contributed by atoms with Crippen molar-refractivity contribution in [2.75, 3.05) is 0 Å². The third-order valence-electron chi connectivity index (χ3n) is 2.57. The van der Waals surface area contributed by atoms with E-state index in [-0.39, 0.29) is 6.54 Å². The fourth-order valence-electron chi connectivity index (χ4n) is 1.55. The Bertz CT molecular complexity index is 607. The lowest BCUT2D eigenvalue weighted by Gasteiger charge is -2.10. The molecule has 0 aliphatic carbocycles. The molecule has 1 amide bonds. The Hall–Kier alpha value is -1.89. The van der Waals surface area contributed by atoms with Crippen LogP contribution >= 0.6 is 11.3 Å². The lowest BCUT2D eigenvalue weighted by molar-refractivity contribution is -0.137. The molecule has 1 aromatic heterocycles. The second kappa shape index (κ2) is 5.62. The molecule has 0 fully saturated rings. The second-order valence-corrected chi connectivity index (χ2v) is 4.79. The Kier molecular flexibility index (Phi) is 4.08. The topological polar surface area (TPSA) is 29.1 Å². The van der Waals surface area contributed by atoms with Gasteiger partial charge in [-0.25, -0.2) is 4.39 Å². The van der Waals surface area contributed by atoms with Crippen LogP contribution in [0.3, 0.4) is 0 Å². The summed E-state index contributed by atoms with van der Waals surface area (Å²) in [6.45, 7) is 0.137. The normalized spacial score (nSPS) is 11.4. The van der Waals surface area contributed by atoms with E-state index in [9.17, 15) is 22.4 Å². The molecule has 0 aliphatic rings. The summed E-state index contributed by atoms with van der Waals surface area (Å²) < 4.78 is 51.0. The van der Waals surface area contributed by atoms with E-state index < -0.39 is 29.0 Å². The van der Waals surface area contributed by atoms with Gasteiger partial charge in [0.2, 0.25) is 0 Å². The lowest BCUT2D eigenvalue weighted by Crippen LogP contribution is -2.24. The van der Waals surface area contributed by atoms with Gasteiger partial charge in [-0.05, 0) is 40.6 Å². The molecule has 7 heteroatoms. The maximum Gasteiger partial charge on any atom is 0.416 e. The summed E-state index contributed by atoms with van der Waals surface area (Å²) in [7, 11) is 0. The van der Waals surface area contributed by atoms with Gasteiger partial charge < -0.3 is 5.32 Å². The minimum Gasteiger partial charge on any atom is -0.348 e. The van der Waals surface area contributed by atoms with E-state index in [0.29, 0.717) is 18.2 Å². The van der Waals surface area contributed by atoms with Gasteiger partial charge in [0, 0.05) is 6.54 Å². The molecule has 1 N–H and O–H groups in total. The molecular weight excluding hydrogens is 294 g/mol. The first-order valence-electron chi connectivity index (χ1n) is 5.54. The van der Waals surface area contributed by atoms with Crippen molar-refractivity contribution in [2.24, 2.45) is 0 Å². The zero-order chi connectivity index (χ0) is 14.8. The standard InChI is InChI=1S/C13H9F4NOS/c14-11-2-1-9(13(15,16)17)5-10(11)12(19)18-6-8-3-4-20-7-8/h1-5,7H,6H2,(H,18,19). The number of carbonyl (C=O) groups excluding carboxylic acids is 1. The van der Waals surface area contributed by atoms with Gasteiger partial charge in [0.05, 0.1) is 11.1 Å². The second-order valence-electron chi connectivity index (χ2n) is 4.01. The predicted octanol–water partition coefficient (Wildman–Crippen LogP) is 3.84. The number of benzene rings is 1. The van der Waals surface area contributed by atoms with E-state index in [0.717, 1.165) is 5.56 Å². The highest BCUT2D eigenvalue weighted by Crippen LogP contribution is 2.30. The van der Waals surface area contributed by atoms with Crippen LogP contribution < -0.4 is 5.32 Å². The van der Waals surface area contributed by atoms with Gasteiger partial charge in [0.25, 0.3) is 5.91 Å². The highest BCUT2D eigenvalue weighted by Gasteiger charge is 2.31. The summed E-state index contributed by atoms with van der Waals surface area (Å²) in [5.41, 5.74) is -0.870. The van der Waals surface area contributed by atoms with Gasteiger partial charge in [0.1, 0.15) is 5.82 Å². The van der Waals surface area contributed by atoms with Crippen molar-refractivity contribution in [3.05, 3.63) is 57.5 Å². The van der Waals surface area contributed by atoms with Crippen LogP contribution in [0.4, 0.5) is 17.6 Å². The van der Waals surface area contributed by atoms with Crippen molar-refractivity contribution < 1.29 is 22.4 Å². The highest BCUT2D eigenvalue weighted by molar-refractivity contribution is 7.07. The van der Waals surface area contributed by atoms with Gasteiger partial charge in [-0.1, -0.05) is 0 Å². The molecule has 2 rings (SSSR count). The number of thiophene rings is 1. The van der Waals surface area contributed by atoms with E-state index >= 15 is 0 Å². The van der Waals surface area contributed by atoms with Crippen molar-refractivity contribution in [2.45, 2.75) is 12.7 Å². The zero-order valence-corrected chi connectivity index (χ0v) is 10.8. The van der Waals surface area contributed by atoms with E-state index in [1.807, 2.05) is 0 Å². The molecule has 0 saturated heterocycles. The molecule has 1 aromatic carbocycles. The van der Waals surface area contributed by atoms with E-state index in [4.69, 9.17) is 0 Å². The van der Waals surface area contributed by atoms with Crippen LogP contribution in [0.15, 0.2) is 35.0 Å². The predicted molar refractivity (Wildman–Crippen MR) is 66.9 cm³/mol. The van der Waals surface area contributed by atoms with Gasteiger partial charge in [0.15, 0.2) is 0 Å². The summed E-state index contributed by atoms with van der Waals surface area (Å²) in [6, 6.07) is 3.51. The van der Waals surface area contributed by atoms with Crippen LogP contribution in [0.2, 0.25) is 0 Å². The van der Waals surface area contributed by atoms with Crippen molar-refractivity contribution in [3.8, 4) is 0 Å². The molecule has 0 saturated carbocycles. The van der Waals surface area contributed by atoms with Gasteiger partial charge in [-0.3, -0.25) is 4.79 Å². The number of halogens is 4. The fourth-order valence-corrected chi connectivity index (χ4v) is 2.22. The third-order valence-corrected chi connectivity index (χ3v) is 3.30. The van der Waals surface area contributed by atoms with E-state index in [2.05, 4.69) is 5.32 Å². The van der Waals surface area contributed by atoms with Crippen molar-refractivity contribution in [1.82, 2.24) is 5.32 Å². The molecule has 0 spiro atoms. The minimum atomic E-state index is -4.61. The Morgan fingerprint density at radius 1 is 1.25 bits per heavy atom. The van der Waals surface area contributed by atoms with Crippen molar-refractivity contribution in [1.29, 1.82) is 0 Å². The van der Waals surface area contributed by atoms with Crippen molar-refractivity contribution in [3.63, 3.8) is 0 Å². The summed E-state index contributed by atoms with van der Waals surface area (Å²) in [5, 5.41) is 5.96. The van der Waals surface area contributed by atoms with Crippen LogP contribution in [0.25, 0.3) is 0 Å². The van der Waals surface area contributed by atoms with Crippen LogP contribution in [-0.2, 0) is 12.7 Å². The summed E-state index contributed by atoms with van der Waals surface area (Å²) >= 11 is 1.42. The number of hydrogen-bond acceptors (Lipinski definition) is 2. The maximum atomic E-state index is 13.4. The number of alkyl halides is 3. The fraction of sp³-hybridized carbons (Fsp3) is 0.154. The largest absolute Gasteiger partial charge is 0.416 e. The van der Waals surface area contributed by atoms with Crippen molar-refractivity contribution >= 4 is 17.2 Å². The number of amides is 1. The number of hydrogen-bond donors (Lipinski definition) is 1. The van der Waals surface area contributed by atoms with Crippen LogP contribution in [-0.4, -0.2) is 5.91 Å². The van der Waals surface area contributed by atoms with Gasteiger partial charge in [-0.2, -0.15) is 24.5 Å². The molecule has 0 bridgehead atoms. The lowest BCUT2D eigenvalue weighted by atomic mass is 10.1. The summed E-state index contributed by atoms with van der Waals surface area (Å²) in [6.07, 6.45) is -4.61. The number of nitrogens with one attached hydrogen (secondary N) is 1. The molecule has 0 atom stereocenters. The quantitative estimate of drug-likeness (QED) is 0.858. The average Bonchev–Trinajstić information content (AvgIpc) is 2.88. The molecule has 20 heavy (non-hydrogen) atoms. The highest BCUT2D eigenvalue weighted by atomic mass is 32.1. The molecule has 106 valence electrons. The summed E-state index contributed by atoms with van der Waals surface area (Å²) in [5.74, 6) is -1.86. The summed E-state index contributed by atoms with van der Waals surface area (Å²) in [4.78, 5) is 11.7. The van der Waals surface area contributed by atoms with E-state index in [1.165, 1.54) is 11.3 Å². The van der Waals surface area contributed by atoms with Crippen LogP contribution in [0.1, 0.15) is 21.5 Å². The smallest absolute Gasteiger partial charge is 0.348 e. The average molecular weight is 303 g/mol. The van der Waals surface area contributed by atoms with Gasteiger partial charge >= 0.3 is 6.18 Å². The molecule has 2 nitrogen and oxygen atoms in total. The monoisotopic (exact) mass is 303 g/mol. The Morgan fingerprint density at radius 3 is 2.60 bits per heavy atom. The number of carbonyl (C=O) groups is 1. The molecule has 0 aliphatic heterocycles. The molecule has 0 unspecified atom stereocenters. The first kappa shape index (κ1) is 14.5. The zero-order valence-electron chi connectivity index (χ0n) is 10.00. The first-order valence-corrected chi connectivity index (χ1v) is 6.48. The SMILES string of the molecule is O=C(NCc1ccsc1)c1cc(C(F)(F)F)ccc1F. The number of rotatable bonds is 3. The minimum absolute atomic E-state index is 0.137. The molecule has 2 aromatic rings.